The van der Waals surface area contributed by atoms with E-state index in [0.717, 1.165) is 63.7 Å². The highest BCUT2D eigenvalue weighted by atomic mass is 35.5. The molecule has 2 aromatic heterocycles. The summed E-state index contributed by atoms with van der Waals surface area (Å²) >= 11 is 6.42. The summed E-state index contributed by atoms with van der Waals surface area (Å²) in [4.78, 5) is 37.8. The molecule has 4 fully saturated rings. The number of carbonyl (C=O) groups is 1. The monoisotopic (exact) mass is 967 g/mol. The predicted molar refractivity (Wildman–Crippen MR) is 259 cm³/mol. The number of halogens is 1. The first kappa shape index (κ1) is 46.3. The number of H-pyrrole nitrogens is 1. The van der Waals surface area contributed by atoms with Crippen LogP contribution in [0, 0.1) is 21.4 Å². The first-order chi connectivity index (χ1) is 32.6. The summed E-state index contributed by atoms with van der Waals surface area (Å²) in [5, 5.41) is 27.1. The Hall–Kier alpha value is -5.46. The van der Waals surface area contributed by atoms with Crippen LogP contribution < -0.4 is 24.4 Å². The second kappa shape index (κ2) is 18.1. The summed E-state index contributed by atoms with van der Waals surface area (Å²) in [7, 11) is -4.69. The first-order valence-corrected chi connectivity index (χ1v) is 25.5. The zero-order chi connectivity index (χ0) is 47.5. The van der Waals surface area contributed by atoms with Gasteiger partial charge >= 0.3 is 0 Å². The van der Waals surface area contributed by atoms with E-state index in [1.165, 1.54) is 29.5 Å². The molecule has 1 spiro atoms. The molecule has 5 aromatic rings. The second-order valence-corrected chi connectivity index (χ2v) is 22.1. The minimum Gasteiger partial charge on any atom is -0.489 e. The number of nitrogens with zero attached hydrogens (tertiary/aromatic N) is 4. The number of aromatic nitrogens is 2. The number of nitro groups is 1. The fraction of sp³-hybridized carbons (Fsp3) is 0.480. The second-order valence-electron chi connectivity index (χ2n) is 20.1. The summed E-state index contributed by atoms with van der Waals surface area (Å²) in [6, 6.07) is 18.1. The van der Waals surface area contributed by atoms with Crippen molar-refractivity contribution in [2.45, 2.75) is 107 Å². The molecule has 0 unspecified atom stereocenters. The van der Waals surface area contributed by atoms with E-state index in [0.29, 0.717) is 60.3 Å². The van der Waals surface area contributed by atoms with Gasteiger partial charge in [-0.2, -0.15) is 0 Å². The fourth-order valence-electron chi connectivity index (χ4n) is 11.3. The van der Waals surface area contributed by atoms with Gasteiger partial charge in [-0.3, -0.25) is 19.8 Å². The highest BCUT2D eigenvalue weighted by molar-refractivity contribution is 7.90. The lowest BCUT2D eigenvalue weighted by atomic mass is 9.59. The van der Waals surface area contributed by atoms with E-state index in [1.807, 2.05) is 0 Å². The van der Waals surface area contributed by atoms with Gasteiger partial charge < -0.3 is 34.5 Å². The predicted octanol–water partition coefficient (Wildman–Crippen LogP) is 9.10. The third-order valence-corrected chi connectivity index (χ3v) is 16.9. The number of hydrogen-bond acceptors (Lipinski definition) is 13. The van der Waals surface area contributed by atoms with Gasteiger partial charge in [-0.05, 0) is 105 Å². The van der Waals surface area contributed by atoms with Crippen molar-refractivity contribution < 1.29 is 37.5 Å². The number of piperidine rings is 1. The van der Waals surface area contributed by atoms with Crippen LogP contribution in [0.5, 0.6) is 17.2 Å². The number of aliphatic hydroxyl groups is 1. The molecule has 5 heterocycles. The van der Waals surface area contributed by atoms with Gasteiger partial charge in [0.25, 0.3) is 21.6 Å². The van der Waals surface area contributed by atoms with Crippen molar-refractivity contribution in [1.29, 1.82) is 0 Å². The number of ether oxygens (including phenoxy) is 3. The Kier molecular flexibility index (Phi) is 12.3. The average Bonchev–Trinajstić information content (AvgIpc) is 3.69. The molecule has 360 valence electrons. The molecule has 1 amide bonds. The van der Waals surface area contributed by atoms with Crippen molar-refractivity contribution in [2.75, 3.05) is 49.7 Å². The first-order valence-electron chi connectivity index (χ1n) is 23.7. The molecular weight excluding hydrogens is 910 g/mol. The lowest BCUT2D eigenvalue weighted by Gasteiger charge is -2.57. The number of amides is 1. The Morgan fingerprint density at radius 2 is 1.81 bits per heavy atom. The van der Waals surface area contributed by atoms with Crippen LogP contribution in [0.3, 0.4) is 0 Å². The molecule has 10 rings (SSSR count). The third-order valence-electron chi connectivity index (χ3n) is 15.2. The minimum absolute atomic E-state index is 0.01000. The van der Waals surface area contributed by atoms with Crippen LogP contribution in [0.2, 0.25) is 5.02 Å². The van der Waals surface area contributed by atoms with E-state index < -0.39 is 37.0 Å². The smallest absolute Gasteiger partial charge is 0.297 e. The Bertz CT molecular complexity index is 2850. The Balaban J connectivity index is 0.864. The summed E-state index contributed by atoms with van der Waals surface area (Å²) in [6.07, 6.45) is 9.95. The molecule has 16 nitrogen and oxygen atoms in total. The Morgan fingerprint density at radius 3 is 2.56 bits per heavy atom. The number of carbonyl (C=O) groups excluding carboxylic acids is 1. The number of nitrogens with one attached hydrogen (secondary N) is 3. The van der Waals surface area contributed by atoms with Crippen molar-refractivity contribution in [3.63, 3.8) is 0 Å². The zero-order valence-corrected chi connectivity index (χ0v) is 40.1. The molecule has 3 aromatic carbocycles. The van der Waals surface area contributed by atoms with Gasteiger partial charge in [-0.15, -0.1) is 0 Å². The minimum atomic E-state index is -4.69. The van der Waals surface area contributed by atoms with Crippen molar-refractivity contribution >= 4 is 55.6 Å². The number of morpholine rings is 1. The number of hydrogen-bond donors (Lipinski definition) is 4. The van der Waals surface area contributed by atoms with Gasteiger partial charge in [0, 0.05) is 61.1 Å². The molecule has 4 N–H and O–H groups in total. The zero-order valence-electron chi connectivity index (χ0n) is 38.5. The van der Waals surface area contributed by atoms with Gasteiger partial charge in [-0.25, -0.2) is 18.1 Å². The average molecular weight is 969 g/mol. The summed E-state index contributed by atoms with van der Waals surface area (Å²) in [5.74, 6) is -0.121. The molecule has 0 bridgehead atoms. The van der Waals surface area contributed by atoms with Gasteiger partial charge in [0.2, 0.25) is 0 Å². The molecule has 18 heteroatoms. The van der Waals surface area contributed by atoms with Crippen LogP contribution in [0.25, 0.3) is 11.0 Å². The van der Waals surface area contributed by atoms with E-state index in [-0.39, 0.29) is 58.5 Å². The fourth-order valence-corrected chi connectivity index (χ4v) is 12.5. The van der Waals surface area contributed by atoms with Crippen LogP contribution in [-0.4, -0.2) is 96.4 Å². The number of aromatic amines is 1. The summed E-state index contributed by atoms with van der Waals surface area (Å²) in [6.45, 7) is 10.4. The Labute approximate surface area is 400 Å². The number of rotatable bonds is 11. The van der Waals surface area contributed by atoms with Crippen molar-refractivity contribution in [3.05, 3.63) is 105 Å². The van der Waals surface area contributed by atoms with E-state index in [9.17, 15) is 28.4 Å². The molecule has 68 heavy (non-hydrogen) atoms. The summed E-state index contributed by atoms with van der Waals surface area (Å²) in [5.41, 5.74) is 3.08. The van der Waals surface area contributed by atoms with Crippen LogP contribution in [0.15, 0.2) is 78.0 Å². The lowest BCUT2D eigenvalue weighted by molar-refractivity contribution is -0.384. The van der Waals surface area contributed by atoms with E-state index in [2.05, 4.69) is 67.9 Å². The van der Waals surface area contributed by atoms with Gasteiger partial charge in [0.05, 0.1) is 57.5 Å². The quantitative estimate of drug-likeness (QED) is 0.0722. The molecule has 3 aliphatic heterocycles. The van der Waals surface area contributed by atoms with E-state index >= 15 is 0 Å². The van der Waals surface area contributed by atoms with E-state index in [1.54, 1.807) is 31.3 Å². The lowest BCUT2D eigenvalue weighted by Crippen LogP contribution is -2.58. The number of nitro benzene ring substituents is 1. The molecule has 2 saturated heterocycles. The number of sulfonamides is 1. The van der Waals surface area contributed by atoms with Crippen LogP contribution >= 0.6 is 11.6 Å². The van der Waals surface area contributed by atoms with Crippen LogP contribution in [0.1, 0.15) is 106 Å². The largest absolute Gasteiger partial charge is 0.489 e. The maximum absolute atomic E-state index is 14.2. The number of benzene rings is 3. The SMILES string of the molecule is CC(C)c1ccccc1[C@@H]1COCCN1C1CC2(CCN(c3ccc(C(=O)NS(=O)(=O)c4cc5c(c([N+](=O)[O-])c4)N[C@@H]([C@H]4CC[C@](C)(O)CC4)CO5)c(Oc4cnc5[nH]cc(Cl)c5c4)c3)CC2)C1. The standard InChI is InChI=1S/C50H58ClN7O9S/c1-30(2)36-6-4-5-7-37(36)43-29-65-19-18-57(43)33-24-50(25-33)14-16-56(17-15-50)32-8-9-38(44(20-32)67-34-21-39-40(51)27-53-47(39)52-26-34)48(59)55-68(63,64)35-22-42(58(61)62)46-45(23-35)66-28-41(54-46)31-10-12-49(3,60)13-11-31/h4-9,20-23,26-27,30-31,33,41,43,54,60H,10-19,24-25,28-29H2,1-3H3,(H,52,53)(H,55,59)/t31-,41-,43+,49-/m1/s1. The van der Waals surface area contributed by atoms with Gasteiger partial charge in [-0.1, -0.05) is 49.7 Å². The molecular formula is C50H58ClN7O9S. The van der Waals surface area contributed by atoms with Gasteiger partial charge in [0.1, 0.15) is 23.8 Å². The maximum Gasteiger partial charge on any atom is 0.297 e. The normalized spacial score (nSPS) is 24.2. The van der Waals surface area contributed by atoms with E-state index in [4.69, 9.17) is 25.8 Å². The maximum atomic E-state index is 14.2. The highest BCUT2D eigenvalue weighted by Gasteiger charge is 2.50. The van der Waals surface area contributed by atoms with Crippen molar-refractivity contribution in [3.8, 4) is 17.2 Å². The molecule has 5 aliphatic rings. The van der Waals surface area contributed by atoms with Crippen LogP contribution in [0.4, 0.5) is 17.1 Å². The topological polar surface area (TPSA) is 201 Å². The molecule has 0 radical (unpaired) electrons. The Morgan fingerprint density at radius 1 is 1.04 bits per heavy atom. The highest BCUT2D eigenvalue weighted by Crippen LogP contribution is 2.53. The third kappa shape index (κ3) is 9.10. The summed E-state index contributed by atoms with van der Waals surface area (Å²) < 4.78 is 48.5. The molecule has 2 atom stereocenters. The molecule has 2 saturated carbocycles. The van der Waals surface area contributed by atoms with Crippen molar-refractivity contribution in [1.82, 2.24) is 19.6 Å². The number of pyridine rings is 1. The van der Waals surface area contributed by atoms with Crippen LogP contribution in [-0.2, 0) is 14.8 Å². The molecule has 2 aliphatic carbocycles. The number of fused-ring (bicyclic) bond motifs is 2. The van der Waals surface area contributed by atoms with Crippen molar-refractivity contribution in [2.24, 2.45) is 11.3 Å². The number of anilines is 2. The van der Waals surface area contributed by atoms with Gasteiger partial charge in [0.15, 0.2) is 11.4 Å².